The van der Waals surface area contributed by atoms with Crippen LogP contribution in [0.15, 0.2) is 24.7 Å². The average molecular weight is 156 g/mol. The van der Waals surface area contributed by atoms with Gasteiger partial charge in [0.1, 0.15) is 0 Å². The summed E-state index contributed by atoms with van der Waals surface area (Å²) < 4.78 is 8.58. The van der Waals surface area contributed by atoms with Crippen molar-refractivity contribution in [2.24, 2.45) is 0 Å². The van der Waals surface area contributed by atoms with E-state index in [4.69, 9.17) is 0 Å². The summed E-state index contributed by atoms with van der Waals surface area (Å²) in [7, 11) is 0. The Morgan fingerprint density at radius 3 is 2.45 bits per heavy atom. The summed E-state index contributed by atoms with van der Waals surface area (Å²) in [6.45, 7) is 4.86. The fourth-order valence-corrected chi connectivity index (χ4v) is 0.420. The normalized spacial score (nSPS) is 10.1. The molecular formula is C7H8O4. The average Bonchev–Trinajstić information content (AvgIpc) is 2.00. The summed E-state index contributed by atoms with van der Waals surface area (Å²) in [5, 5.41) is 0. The zero-order chi connectivity index (χ0) is 8.69. The van der Waals surface area contributed by atoms with Gasteiger partial charge in [0, 0.05) is 0 Å². The molecule has 0 rings (SSSR count). The number of rotatable bonds is 4. The second kappa shape index (κ2) is 5.22. The van der Waals surface area contributed by atoms with Crippen molar-refractivity contribution in [3.05, 3.63) is 24.7 Å². The molecule has 0 saturated heterocycles. The fourth-order valence-electron chi connectivity index (χ4n) is 0.420. The maximum atomic E-state index is 10.7. The summed E-state index contributed by atoms with van der Waals surface area (Å²) in [4.78, 5) is 20.5. The molecule has 0 aliphatic carbocycles. The molecule has 0 saturated carbocycles. The van der Waals surface area contributed by atoms with E-state index in [1.54, 1.807) is 6.92 Å². The monoisotopic (exact) mass is 156 g/mol. The van der Waals surface area contributed by atoms with Gasteiger partial charge in [-0.15, -0.1) is 0 Å². The lowest BCUT2D eigenvalue weighted by atomic mass is 10.5. The van der Waals surface area contributed by atoms with Crippen molar-refractivity contribution in [2.75, 3.05) is 0 Å². The van der Waals surface area contributed by atoms with Crippen LogP contribution >= 0.6 is 0 Å². The highest BCUT2D eigenvalue weighted by Gasteiger charge is 2.08. The van der Waals surface area contributed by atoms with Crippen LogP contribution in [-0.2, 0) is 19.1 Å². The van der Waals surface area contributed by atoms with E-state index < -0.39 is 5.97 Å². The highest BCUT2D eigenvalue weighted by atomic mass is 16.6. The molecule has 0 spiro atoms. The lowest BCUT2D eigenvalue weighted by Crippen LogP contribution is -2.06. The van der Waals surface area contributed by atoms with Crippen molar-refractivity contribution in [3.63, 3.8) is 0 Å². The molecule has 0 N–H and O–H groups in total. The Morgan fingerprint density at radius 2 is 2.09 bits per heavy atom. The van der Waals surface area contributed by atoms with Crippen LogP contribution in [-0.4, -0.2) is 12.4 Å². The Balaban J connectivity index is 4.14. The molecule has 4 heteroatoms. The second-order valence-electron chi connectivity index (χ2n) is 1.44. The summed E-state index contributed by atoms with van der Waals surface area (Å²) in [5.74, 6) is -0.894. The lowest BCUT2D eigenvalue weighted by molar-refractivity contribution is -0.141. The van der Waals surface area contributed by atoms with E-state index >= 15 is 0 Å². The molecule has 0 bridgehead atoms. The van der Waals surface area contributed by atoms with Gasteiger partial charge >= 0.3 is 5.97 Å². The van der Waals surface area contributed by atoms with Crippen LogP contribution in [0.3, 0.4) is 0 Å². The molecule has 0 unspecified atom stereocenters. The summed E-state index contributed by atoms with van der Waals surface area (Å²) in [6.07, 6.45) is 2.28. The van der Waals surface area contributed by atoms with Crippen LogP contribution in [0.25, 0.3) is 0 Å². The molecule has 11 heavy (non-hydrogen) atoms. The Bertz CT molecular complexity index is 193. The van der Waals surface area contributed by atoms with Crippen molar-refractivity contribution < 1.29 is 19.1 Å². The summed E-state index contributed by atoms with van der Waals surface area (Å²) in [5.41, 5.74) is 0. The number of hydrogen-bond acceptors (Lipinski definition) is 4. The van der Waals surface area contributed by atoms with Gasteiger partial charge in [-0.3, -0.25) is 4.79 Å². The number of allylic oxidation sites excluding steroid dienone is 1. The van der Waals surface area contributed by atoms with Crippen LogP contribution in [0.1, 0.15) is 6.92 Å². The first-order chi connectivity index (χ1) is 5.26. The Hall–Kier alpha value is -1.58. The summed E-state index contributed by atoms with van der Waals surface area (Å²) in [6, 6.07) is 0. The van der Waals surface area contributed by atoms with Crippen LogP contribution < -0.4 is 0 Å². The van der Waals surface area contributed by atoms with Gasteiger partial charge < -0.3 is 9.47 Å². The predicted molar refractivity (Wildman–Crippen MR) is 37.2 cm³/mol. The van der Waals surface area contributed by atoms with E-state index in [0.29, 0.717) is 0 Å². The lowest BCUT2D eigenvalue weighted by Gasteiger charge is -1.99. The minimum atomic E-state index is -0.741. The first kappa shape index (κ1) is 9.42. The highest BCUT2D eigenvalue weighted by molar-refractivity contribution is 5.87. The van der Waals surface area contributed by atoms with E-state index in [1.165, 1.54) is 6.08 Å². The minimum absolute atomic E-state index is 0.152. The molecule has 60 valence electrons. The minimum Gasteiger partial charge on any atom is -0.429 e. The third-order valence-corrected chi connectivity index (χ3v) is 0.829. The molecule has 0 aliphatic rings. The molecule has 0 aromatic carbocycles. The van der Waals surface area contributed by atoms with Gasteiger partial charge in [-0.2, -0.15) is 0 Å². The van der Waals surface area contributed by atoms with Crippen molar-refractivity contribution in [1.29, 1.82) is 0 Å². The van der Waals surface area contributed by atoms with Gasteiger partial charge in [-0.1, -0.05) is 6.58 Å². The Morgan fingerprint density at radius 1 is 1.45 bits per heavy atom. The Kier molecular flexibility index (Phi) is 4.47. The largest absolute Gasteiger partial charge is 0.429 e. The third kappa shape index (κ3) is 3.20. The van der Waals surface area contributed by atoms with Crippen molar-refractivity contribution in [1.82, 2.24) is 0 Å². The van der Waals surface area contributed by atoms with Crippen molar-refractivity contribution in [3.8, 4) is 0 Å². The number of esters is 1. The molecule has 0 fully saturated rings. The summed E-state index contributed by atoms with van der Waals surface area (Å²) >= 11 is 0. The van der Waals surface area contributed by atoms with E-state index in [9.17, 15) is 9.59 Å². The molecule has 0 atom stereocenters. The standard InChI is InChI=1S/C7H8O4/c1-3-6(11-5-8)7(9)10-4-2/h3-5H,2H2,1H3. The molecule has 0 amide bonds. The van der Waals surface area contributed by atoms with Gasteiger partial charge in [-0.05, 0) is 13.0 Å². The van der Waals surface area contributed by atoms with Crippen LogP contribution in [0.5, 0.6) is 0 Å². The van der Waals surface area contributed by atoms with E-state index in [1.807, 2.05) is 0 Å². The maximum Gasteiger partial charge on any atom is 0.378 e. The first-order valence-electron chi connectivity index (χ1n) is 2.84. The SMILES string of the molecule is C=COC(=O)C(=CC)OC=O. The van der Waals surface area contributed by atoms with Crippen molar-refractivity contribution in [2.45, 2.75) is 6.92 Å². The third-order valence-electron chi connectivity index (χ3n) is 0.829. The van der Waals surface area contributed by atoms with E-state index in [2.05, 4.69) is 16.1 Å². The second-order valence-corrected chi connectivity index (χ2v) is 1.44. The van der Waals surface area contributed by atoms with Crippen LogP contribution in [0.4, 0.5) is 0 Å². The predicted octanol–water partition coefficient (Wildman–Crippen LogP) is 0.750. The van der Waals surface area contributed by atoms with Crippen molar-refractivity contribution >= 4 is 12.4 Å². The quantitative estimate of drug-likeness (QED) is 0.261. The molecule has 0 aromatic heterocycles. The zero-order valence-corrected chi connectivity index (χ0v) is 6.07. The van der Waals surface area contributed by atoms with Gasteiger partial charge in [0.25, 0.3) is 6.47 Å². The topological polar surface area (TPSA) is 52.6 Å². The van der Waals surface area contributed by atoms with Gasteiger partial charge in [0.2, 0.25) is 5.76 Å². The van der Waals surface area contributed by atoms with Gasteiger partial charge in [-0.25, -0.2) is 4.79 Å². The smallest absolute Gasteiger partial charge is 0.378 e. The van der Waals surface area contributed by atoms with E-state index in [-0.39, 0.29) is 12.2 Å². The molecule has 0 aliphatic heterocycles. The molecule has 4 nitrogen and oxygen atoms in total. The highest BCUT2D eigenvalue weighted by Crippen LogP contribution is 1.98. The molecule has 0 aromatic rings. The number of carbonyl (C=O) groups is 2. The fraction of sp³-hybridized carbons (Fsp3) is 0.143. The number of carbonyl (C=O) groups excluding carboxylic acids is 2. The molecule has 0 radical (unpaired) electrons. The van der Waals surface area contributed by atoms with Crippen LogP contribution in [0, 0.1) is 0 Å². The van der Waals surface area contributed by atoms with Gasteiger partial charge in [0.05, 0.1) is 6.26 Å². The van der Waals surface area contributed by atoms with Gasteiger partial charge in [0.15, 0.2) is 0 Å². The molecule has 0 heterocycles. The first-order valence-corrected chi connectivity index (χ1v) is 2.84. The number of hydrogen-bond donors (Lipinski definition) is 0. The van der Waals surface area contributed by atoms with E-state index in [0.717, 1.165) is 6.26 Å². The maximum absolute atomic E-state index is 10.7. The van der Waals surface area contributed by atoms with Crippen LogP contribution in [0.2, 0.25) is 0 Å². The zero-order valence-electron chi connectivity index (χ0n) is 6.07. The number of ether oxygens (including phenoxy) is 2. The molecular weight excluding hydrogens is 148 g/mol. The Labute approximate surface area is 64.1 Å².